The third-order valence-corrected chi connectivity index (χ3v) is 4.09. The summed E-state index contributed by atoms with van der Waals surface area (Å²) in [5.74, 6) is -1.41. The van der Waals surface area contributed by atoms with Crippen LogP contribution in [-0.4, -0.2) is 25.6 Å². The topological polar surface area (TPSA) is 94.8 Å². The first-order valence-electron chi connectivity index (χ1n) is 8.22. The summed E-state index contributed by atoms with van der Waals surface area (Å²) in [6, 6.07) is 10.8. The van der Waals surface area contributed by atoms with Gasteiger partial charge in [0.05, 0.1) is 18.2 Å². The Kier molecular flexibility index (Phi) is 5.65. The van der Waals surface area contributed by atoms with Crippen LogP contribution in [-0.2, 0) is 9.53 Å². The van der Waals surface area contributed by atoms with E-state index >= 15 is 0 Å². The smallest absolute Gasteiger partial charge is 0.374 e. The minimum absolute atomic E-state index is 0.262. The average Bonchev–Trinajstić information content (AvgIpc) is 2.66. The Morgan fingerprint density at radius 3 is 2.68 bits per heavy atom. The molecule has 0 fully saturated rings. The van der Waals surface area contributed by atoms with E-state index in [0.717, 1.165) is 11.6 Å². The zero-order valence-electron chi connectivity index (χ0n) is 15.1. The Balaban J connectivity index is 1.69. The summed E-state index contributed by atoms with van der Waals surface area (Å²) in [6.07, 6.45) is 0. The molecule has 0 aliphatic rings. The summed E-state index contributed by atoms with van der Waals surface area (Å²) in [7, 11) is 1.45. The number of carbonyl (C=O) groups is 2. The number of carbonyl (C=O) groups excluding carboxylic acids is 2. The summed E-state index contributed by atoms with van der Waals surface area (Å²) < 4.78 is 15.5. The van der Waals surface area contributed by atoms with Gasteiger partial charge in [-0.2, -0.15) is 0 Å². The Morgan fingerprint density at radius 1 is 1.14 bits per heavy atom. The number of fused-ring (bicyclic) bond motifs is 1. The number of amides is 1. The summed E-state index contributed by atoms with van der Waals surface area (Å²) in [5, 5.41) is 3.31. The second kappa shape index (κ2) is 8.14. The van der Waals surface area contributed by atoms with Crippen LogP contribution in [0.2, 0.25) is 5.02 Å². The molecule has 0 saturated heterocycles. The molecule has 3 rings (SSSR count). The van der Waals surface area contributed by atoms with E-state index in [1.165, 1.54) is 13.2 Å². The van der Waals surface area contributed by atoms with Crippen molar-refractivity contribution in [3.8, 4) is 5.75 Å². The number of benzene rings is 2. The molecule has 2 aromatic carbocycles. The van der Waals surface area contributed by atoms with Gasteiger partial charge in [0.1, 0.15) is 11.3 Å². The first kappa shape index (κ1) is 19.4. The van der Waals surface area contributed by atoms with Crippen LogP contribution in [0.15, 0.2) is 51.7 Å². The molecule has 0 unspecified atom stereocenters. The SMILES string of the molecule is COc1ccc(Cl)cc1NC(=O)COC(=O)c1cc(=O)c2cc(C)ccc2o1. The zero-order valence-corrected chi connectivity index (χ0v) is 15.8. The summed E-state index contributed by atoms with van der Waals surface area (Å²) in [5.41, 5.74) is 1.12. The summed E-state index contributed by atoms with van der Waals surface area (Å²) in [4.78, 5) is 36.4. The van der Waals surface area contributed by atoms with Gasteiger partial charge in [0.15, 0.2) is 12.0 Å². The van der Waals surface area contributed by atoms with Crippen LogP contribution in [0.4, 0.5) is 5.69 Å². The lowest BCUT2D eigenvalue weighted by molar-refractivity contribution is -0.119. The van der Waals surface area contributed by atoms with E-state index in [9.17, 15) is 14.4 Å². The molecule has 0 atom stereocenters. The number of esters is 1. The number of anilines is 1. The molecule has 7 nitrogen and oxygen atoms in total. The van der Waals surface area contributed by atoms with Crippen molar-refractivity contribution in [1.29, 1.82) is 0 Å². The maximum absolute atomic E-state index is 12.2. The van der Waals surface area contributed by atoms with Gasteiger partial charge in [0, 0.05) is 11.1 Å². The normalized spacial score (nSPS) is 10.5. The van der Waals surface area contributed by atoms with Crippen molar-refractivity contribution in [1.82, 2.24) is 0 Å². The maximum atomic E-state index is 12.2. The van der Waals surface area contributed by atoms with E-state index in [0.29, 0.717) is 21.8 Å². The number of rotatable bonds is 5. The monoisotopic (exact) mass is 401 g/mol. The van der Waals surface area contributed by atoms with Crippen molar-refractivity contribution in [2.45, 2.75) is 6.92 Å². The quantitative estimate of drug-likeness (QED) is 0.657. The molecule has 0 bridgehead atoms. The van der Waals surface area contributed by atoms with E-state index in [1.54, 1.807) is 30.3 Å². The van der Waals surface area contributed by atoms with Gasteiger partial charge >= 0.3 is 5.97 Å². The lowest BCUT2D eigenvalue weighted by Crippen LogP contribution is -2.21. The van der Waals surface area contributed by atoms with Crippen LogP contribution in [0.25, 0.3) is 11.0 Å². The molecule has 8 heteroatoms. The number of hydrogen-bond acceptors (Lipinski definition) is 6. The number of aryl methyl sites for hydroxylation is 1. The number of ether oxygens (including phenoxy) is 2. The molecule has 144 valence electrons. The lowest BCUT2D eigenvalue weighted by atomic mass is 10.1. The van der Waals surface area contributed by atoms with Gasteiger partial charge in [-0.25, -0.2) is 4.79 Å². The molecular weight excluding hydrogens is 386 g/mol. The average molecular weight is 402 g/mol. The van der Waals surface area contributed by atoms with Crippen molar-refractivity contribution in [3.63, 3.8) is 0 Å². The molecule has 0 radical (unpaired) electrons. The molecule has 1 heterocycles. The first-order chi connectivity index (χ1) is 13.4. The number of nitrogens with one attached hydrogen (secondary N) is 1. The number of halogens is 1. The van der Waals surface area contributed by atoms with Gasteiger partial charge in [-0.05, 0) is 37.3 Å². The lowest BCUT2D eigenvalue weighted by Gasteiger charge is -2.10. The molecule has 28 heavy (non-hydrogen) atoms. The predicted molar refractivity (Wildman–Crippen MR) is 104 cm³/mol. The van der Waals surface area contributed by atoms with Gasteiger partial charge in [-0.3, -0.25) is 9.59 Å². The van der Waals surface area contributed by atoms with Crippen molar-refractivity contribution in [2.75, 3.05) is 19.0 Å². The fourth-order valence-electron chi connectivity index (χ4n) is 2.54. The highest BCUT2D eigenvalue weighted by molar-refractivity contribution is 6.31. The highest BCUT2D eigenvalue weighted by Crippen LogP contribution is 2.27. The van der Waals surface area contributed by atoms with Crippen LogP contribution < -0.4 is 15.5 Å². The van der Waals surface area contributed by atoms with Crippen LogP contribution in [0.3, 0.4) is 0 Å². The van der Waals surface area contributed by atoms with Crippen molar-refractivity contribution >= 4 is 40.1 Å². The molecule has 0 saturated carbocycles. The van der Waals surface area contributed by atoms with Gasteiger partial charge in [-0.1, -0.05) is 23.2 Å². The Bertz CT molecular complexity index is 1120. The second-order valence-electron chi connectivity index (χ2n) is 5.94. The van der Waals surface area contributed by atoms with Crippen LogP contribution in [0.5, 0.6) is 5.75 Å². The standard InChI is InChI=1S/C20H16ClNO6/c1-11-3-5-16-13(7-11)15(23)9-18(28-16)20(25)27-10-19(24)22-14-8-12(21)4-6-17(14)26-2/h3-9H,10H2,1-2H3,(H,22,24). The Labute approximate surface area is 164 Å². The van der Waals surface area contributed by atoms with Gasteiger partial charge in [-0.15, -0.1) is 0 Å². The van der Waals surface area contributed by atoms with E-state index in [4.69, 9.17) is 25.5 Å². The Hall–Kier alpha value is -3.32. The highest BCUT2D eigenvalue weighted by Gasteiger charge is 2.16. The van der Waals surface area contributed by atoms with Gasteiger partial charge < -0.3 is 19.2 Å². The van der Waals surface area contributed by atoms with Crippen LogP contribution in [0.1, 0.15) is 16.1 Å². The molecule has 0 aliphatic heterocycles. The Morgan fingerprint density at radius 2 is 1.93 bits per heavy atom. The third kappa shape index (κ3) is 4.32. The zero-order chi connectivity index (χ0) is 20.3. The summed E-state index contributed by atoms with van der Waals surface area (Å²) >= 11 is 5.90. The molecule has 1 N–H and O–H groups in total. The fourth-order valence-corrected chi connectivity index (χ4v) is 2.71. The third-order valence-electron chi connectivity index (χ3n) is 3.85. The fraction of sp³-hybridized carbons (Fsp3) is 0.150. The van der Waals surface area contributed by atoms with Crippen LogP contribution in [0, 0.1) is 6.92 Å². The predicted octanol–water partition coefficient (Wildman–Crippen LogP) is 3.56. The van der Waals surface area contributed by atoms with Crippen molar-refractivity contribution in [2.24, 2.45) is 0 Å². The molecular formula is C20H16ClNO6. The first-order valence-corrected chi connectivity index (χ1v) is 8.60. The molecule has 0 aliphatic carbocycles. The maximum Gasteiger partial charge on any atom is 0.374 e. The van der Waals surface area contributed by atoms with Crippen molar-refractivity contribution < 1.29 is 23.5 Å². The van der Waals surface area contributed by atoms with Gasteiger partial charge in [0.2, 0.25) is 5.76 Å². The summed E-state index contributed by atoms with van der Waals surface area (Å²) in [6.45, 7) is 1.26. The largest absolute Gasteiger partial charge is 0.495 e. The van der Waals surface area contributed by atoms with Crippen molar-refractivity contribution in [3.05, 3.63) is 69.0 Å². The van der Waals surface area contributed by atoms with Crippen LogP contribution >= 0.6 is 11.6 Å². The van der Waals surface area contributed by atoms with Gasteiger partial charge in [0.25, 0.3) is 5.91 Å². The molecule has 1 amide bonds. The van der Waals surface area contributed by atoms with E-state index in [1.807, 2.05) is 6.92 Å². The molecule has 0 spiro atoms. The highest BCUT2D eigenvalue weighted by atomic mass is 35.5. The van der Waals surface area contributed by atoms with E-state index in [2.05, 4.69) is 5.32 Å². The number of hydrogen-bond donors (Lipinski definition) is 1. The van der Waals surface area contributed by atoms with E-state index in [-0.39, 0.29) is 16.8 Å². The molecule has 3 aromatic rings. The molecule has 1 aromatic heterocycles. The minimum Gasteiger partial charge on any atom is -0.495 e. The second-order valence-corrected chi connectivity index (χ2v) is 6.38. The van der Waals surface area contributed by atoms with E-state index < -0.39 is 18.5 Å². The minimum atomic E-state index is -0.923. The number of methoxy groups -OCH3 is 1.